The molecule has 0 aromatic rings. The summed E-state index contributed by atoms with van der Waals surface area (Å²) in [4.78, 5) is 2.68. The van der Waals surface area contributed by atoms with E-state index in [9.17, 15) is 0 Å². The third-order valence-electron chi connectivity index (χ3n) is 5.22. The topological polar surface area (TPSA) is 12.5 Å². The van der Waals surface area contributed by atoms with Gasteiger partial charge in [0.2, 0.25) is 0 Å². The first-order valence-electron chi connectivity index (χ1n) is 7.94. The summed E-state index contributed by atoms with van der Waals surface area (Å²) in [6.45, 7) is 8.63. The van der Waals surface area contributed by atoms with Gasteiger partial charge in [0.1, 0.15) is 0 Å². The molecule has 0 unspecified atom stereocenters. The number of nitrogens with zero attached hydrogens (tertiary/aromatic N) is 1. The lowest BCUT2D eigenvalue weighted by Gasteiger charge is -2.37. The van der Waals surface area contributed by atoms with E-state index >= 15 is 0 Å². The lowest BCUT2D eigenvalue weighted by Crippen LogP contribution is -2.40. The van der Waals surface area contributed by atoms with E-state index in [0.717, 1.165) is 17.8 Å². The highest BCUT2D eigenvalue weighted by molar-refractivity contribution is 4.79. The van der Waals surface area contributed by atoms with Crippen molar-refractivity contribution in [2.75, 3.05) is 26.7 Å². The van der Waals surface area contributed by atoms with Gasteiger partial charge >= 0.3 is 0 Å². The van der Waals surface area contributed by atoms with E-state index in [4.69, 9.17) is 4.74 Å². The van der Waals surface area contributed by atoms with E-state index in [1.807, 2.05) is 7.11 Å². The van der Waals surface area contributed by atoms with Crippen molar-refractivity contribution >= 4 is 0 Å². The molecule has 0 amide bonds. The smallest absolute Gasteiger partial charge is 0.0595 e. The van der Waals surface area contributed by atoms with Gasteiger partial charge in [-0.3, -0.25) is 0 Å². The average Bonchev–Trinajstić information content (AvgIpc) is 2.40. The number of rotatable bonds is 4. The molecule has 18 heavy (non-hydrogen) atoms. The standard InChI is InChI=1S/C16H31NO/c1-13(2)15-6-4-14(5-7-15)12-17-10-8-16(18-3)9-11-17/h13-16H,4-12H2,1-3H3. The average molecular weight is 253 g/mol. The maximum absolute atomic E-state index is 5.44. The monoisotopic (exact) mass is 253 g/mol. The van der Waals surface area contributed by atoms with Crippen LogP contribution in [-0.4, -0.2) is 37.7 Å². The summed E-state index contributed by atoms with van der Waals surface area (Å²) in [5.74, 6) is 2.86. The van der Waals surface area contributed by atoms with Crippen LogP contribution in [0.5, 0.6) is 0 Å². The van der Waals surface area contributed by atoms with Crippen LogP contribution >= 0.6 is 0 Å². The van der Waals surface area contributed by atoms with Gasteiger partial charge in [-0.15, -0.1) is 0 Å². The van der Waals surface area contributed by atoms with Gasteiger partial charge in [-0.25, -0.2) is 0 Å². The third kappa shape index (κ3) is 3.96. The van der Waals surface area contributed by atoms with Crippen LogP contribution in [0.1, 0.15) is 52.4 Å². The lowest BCUT2D eigenvalue weighted by atomic mass is 9.77. The first kappa shape index (κ1) is 14.3. The van der Waals surface area contributed by atoms with Gasteiger partial charge in [0.05, 0.1) is 6.10 Å². The number of hydrogen-bond donors (Lipinski definition) is 0. The van der Waals surface area contributed by atoms with Crippen molar-refractivity contribution in [3.8, 4) is 0 Å². The van der Waals surface area contributed by atoms with Crippen molar-refractivity contribution in [1.29, 1.82) is 0 Å². The molecule has 0 spiro atoms. The van der Waals surface area contributed by atoms with Crippen LogP contribution in [0.15, 0.2) is 0 Å². The molecule has 0 aromatic carbocycles. The van der Waals surface area contributed by atoms with E-state index in [1.165, 1.54) is 58.2 Å². The molecule has 1 aliphatic carbocycles. The molecule has 0 bridgehead atoms. The second-order valence-electron chi connectivity index (χ2n) is 6.76. The minimum atomic E-state index is 0.526. The van der Waals surface area contributed by atoms with Gasteiger partial charge in [0.15, 0.2) is 0 Å². The zero-order valence-electron chi connectivity index (χ0n) is 12.5. The first-order valence-corrected chi connectivity index (χ1v) is 7.94. The van der Waals surface area contributed by atoms with Gasteiger partial charge < -0.3 is 9.64 Å². The van der Waals surface area contributed by atoms with Gasteiger partial charge in [-0.1, -0.05) is 13.8 Å². The Balaban J connectivity index is 1.66. The van der Waals surface area contributed by atoms with E-state index in [0.29, 0.717) is 6.10 Å². The molecule has 0 N–H and O–H groups in total. The van der Waals surface area contributed by atoms with Gasteiger partial charge in [-0.2, -0.15) is 0 Å². The molecule has 0 atom stereocenters. The molecule has 0 aromatic heterocycles. The van der Waals surface area contributed by atoms with Gasteiger partial charge in [-0.05, 0) is 56.3 Å². The summed E-state index contributed by atoms with van der Waals surface area (Å²) in [5.41, 5.74) is 0. The molecule has 1 saturated carbocycles. The zero-order chi connectivity index (χ0) is 13.0. The third-order valence-corrected chi connectivity index (χ3v) is 5.22. The van der Waals surface area contributed by atoms with Crippen molar-refractivity contribution in [3.63, 3.8) is 0 Å². The van der Waals surface area contributed by atoms with E-state index < -0.39 is 0 Å². The predicted octanol–water partition coefficient (Wildman–Crippen LogP) is 3.56. The number of hydrogen-bond acceptors (Lipinski definition) is 2. The van der Waals surface area contributed by atoms with Crippen molar-refractivity contribution in [2.24, 2.45) is 17.8 Å². The molecule has 2 aliphatic rings. The SMILES string of the molecule is COC1CCN(CC2CCC(C(C)C)CC2)CC1. The first-order chi connectivity index (χ1) is 8.69. The molecule has 1 heterocycles. The molecular weight excluding hydrogens is 222 g/mol. The Morgan fingerprint density at radius 1 is 1.00 bits per heavy atom. The Morgan fingerprint density at radius 3 is 2.11 bits per heavy atom. The van der Waals surface area contributed by atoms with Crippen LogP contribution in [0.25, 0.3) is 0 Å². The number of piperidine rings is 1. The fraction of sp³-hybridized carbons (Fsp3) is 1.00. The van der Waals surface area contributed by atoms with Crippen molar-refractivity contribution in [3.05, 3.63) is 0 Å². The summed E-state index contributed by atoms with van der Waals surface area (Å²) in [5, 5.41) is 0. The van der Waals surface area contributed by atoms with Crippen LogP contribution in [0.2, 0.25) is 0 Å². The highest BCUT2D eigenvalue weighted by atomic mass is 16.5. The fourth-order valence-corrected chi connectivity index (χ4v) is 3.73. The normalized spacial score (nSPS) is 32.0. The largest absolute Gasteiger partial charge is 0.381 e. The number of likely N-dealkylation sites (tertiary alicyclic amines) is 1. The quantitative estimate of drug-likeness (QED) is 0.759. The van der Waals surface area contributed by atoms with Crippen molar-refractivity contribution < 1.29 is 4.74 Å². The minimum absolute atomic E-state index is 0.526. The fourth-order valence-electron chi connectivity index (χ4n) is 3.73. The van der Waals surface area contributed by atoms with Gasteiger partial charge in [0, 0.05) is 26.7 Å². The Bertz CT molecular complexity index is 225. The molecule has 106 valence electrons. The van der Waals surface area contributed by atoms with Gasteiger partial charge in [0.25, 0.3) is 0 Å². The molecule has 2 heteroatoms. The van der Waals surface area contributed by atoms with Crippen LogP contribution < -0.4 is 0 Å². The lowest BCUT2D eigenvalue weighted by molar-refractivity contribution is 0.0330. The predicted molar refractivity (Wildman–Crippen MR) is 76.8 cm³/mol. The summed E-state index contributed by atoms with van der Waals surface area (Å²) in [6.07, 6.45) is 8.86. The molecule has 2 fully saturated rings. The van der Waals surface area contributed by atoms with Crippen LogP contribution in [-0.2, 0) is 4.74 Å². The molecule has 1 aliphatic heterocycles. The maximum Gasteiger partial charge on any atom is 0.0595 e. The summed E-state index contributed by atoms with van der Waals surface area (Å²) >= 11 is 0. The second-order valence-corrected chi connectivity index (χ2v) is 6.76. The molecule has 1 saturated heterocycles. The van der Waals surface area contributed by atoms with E-state index in [1.54, 1.807) is 0 Å². The number of methoxy groups -OCH3 is 1. The molecular formula is C16H31NO. The maximum atomic E-state index is 5.44. The Labute approximate surface area is 113 Å². The molecule has 2 rings (SSSR count). The highest BCUT2D eigenvalue weighted by Crippen LogP contribution is 2.33. The summed E-state index contributed by atoms with van der Waals surface area (Å²) in [6, 6.07) is 0. The highest BCUT2D eigenvalue weighted by Gasteiger charge is 2.26. The summed E-state index contributed by atoms with van der Waals surface area (Å²) in [7, 11) is 1.85. The Hall–Kier alpha value is -0.0800. The van der Waals surface area contributed by atoms with Crippen LogP contribution in [0.3, 0.4) is 0 Å². The van der Waals surface area contributed by atoms with E-state index in [-0.39, 0.29) is 0 Å². The minimum Gasteiger partial charge on any atom is -0.381 e. The zero-order valence-corrected chi connectivity index (χ0v) is 12.5. The number of ether oxygens (including phenoxy) is 1. The van der Waals surface area contributed by atoms with Crippen LogP contribution in [0.4, 0.5) is 0 Å². The Morgan fingerprint density at radius 2 is 1.61 bits per heavy atom. The summed E-state index contributed by atoms with van der Waals surface area (Å²) < 4.78 is 5.44. The van der Waals surface area contributed by atoms with Crippen molar-refractivity contribution in [2.45, 2.75) is 58.5 Å². The molecule has 0 radical (unpaired) electrons. The Kier molecular flexibility index (Phi) is 5.50. The molecule has 2 nitrogen and oxygen atoms in total. The van der Waals surface area contributed by atoms with E-state index in [2.05, 4.69) is 18.7 Å². The van der Waals surface area contributed by atoms with Crippen LogP contribution in [0, 0.1) is 17.8 Å². The van der Waals surface area contributed by atoms with Crippen molar-refractivity contribution in [1.82, 2.24) is 4.90 Å². The second kappa shape index (κ2) is 6.91.